The summed E-state index contributed by atoms with van der Waals surface area (Å²) < 4.78 is 0. The summed E-state index contributed by atoms with van der Waals surface area (Å²) in [5.74, 6) is 3.98. The van der Waals surface area contributed by atoms with Crippen molar-refractivity contribution in [1.82, 2.24) is 0 Å². The smallest absolute Gasteiger partial charge is 0.0233 e. The molecule has 1 spiro atoms. The third-order valence-corrected chi connectivity index (χ3v) is 7.12. The highest BCUT2D eigenvalue weighted by Crippen LogP contribution is 2.68. The highest BCUT2D eigenvalue weighted by Gasteiger charge is 2.63. The van der Waals surface area contributed by atoms with E-state index in [1.807, 2.05) is 0 Å². The van der Waals surface area contributed by atoms with Crippen molar-refractivity contribution in [2.75, 3.05) is 11.5 Å². The van der Waals surface area contributed by atoms with Gasteiger partial charge in [0.15, 0.2) is 0 Å². The molecule has 0 nitrogen and oxygen atoms in total. The Morgan fingerprint density at radius 1 is 1.36 bits per heavy atom. The Kier molecular flexibility index (Phi) is 1.39. The minimum Gasteiger partial charge on any atom is -0.157 e. The molecule has 0 aromatic carbocycles. The van der Waals surface area contributed by atoms with Crippen LogP contribution in [0.1, 0.15) is 19.8 Å². The number of hydrogen-bond acceptors (Lipinski definition) is 2. The minimum atomic E-state index is 0.830. The molecule has 4 atom stereocenters. The fraction of sp³-hybridized carbons (Fsp3) is 1.00. The van der Waals surface area contributed by atoms with E-state index < -0.39 is 0 Å². The Balaban J connectivity index is 1.88. The molecule has 11 heavy (non-hydrogen) atoms. The number of thioether (sulfide) groups is 2. The van der Waals surface area contributed by atoms with Crippen LogP contribution in [0.5, 0.6) is 0 Å². The van der Waals surface area contributed by atoms with Crippen LogP contribution in [-0.4, -0.2) is 22.0 Å². The molecule has 4 unspecified atom stereocenters. The Morgan fingerprint density at radius 2 is 2.18 bits per heavy atom. The molecular weight excluding hydrogens is 172 g/mol. The van der Waals surface area contributed by atoms with Crippen LogP contribution in [0, 0.1) is 11.3 Å². The molecule has 2 heterocycles. The first-order valence-corrected chi connectivity index (χ1v) is 6.66. The molecule has 0 amide bonds. The predicted molar refractivity (Wildman–Crippen MR) is 53.3 cm³/mol. The molecule has 0 bridgehead atoms. The van der Waals surface area contributed by atoms with Crippen LogP contribution in [0.2, 0.25) is 0 Å². The lowest BCUT2D eigenvalue weighted by Crippen LogP contribution is -2.19. The Labute approximate surface area is 76.9 Å². The van der Waals surface area contributed by atoms with Crippen LogP contribution in [0.4, 0.5) is 0 Å². The zero-order valence-electron chi connectivity index (χ0n) is 6.88. The molecule has 3 fully saturated rings. The van der Waals surface area contributed by atoms with Gasteiger partial charge in [-0.25, -0.2) is 0 Å². The summed E-state index contributed by atoms with van der Waals surface area (Å²) in [5.41, 5.74) is 0.830. The van der Waals surface area contributed by atoms with Gasteiger partial charge in [-0.1, -0.05) is 6.92 Å². The van der Waals surface area contributed by atoms with Crippen LogP contribution < -0.4 is 0 Å². The zero-order valence-corrected chi connectivity index (χ0v) is 8.51. The fourth-order valence-electron chi connectivity index (χ4n) is 2.73. The monoisotopic (exact) mass is 186 g/mol. The number of hydrogen-bond donors (Lipinski definition) is 0. The Morgan fingerprint density at radius 3 is 2.91 bits per heavy atom. The third-order valence-electron chi connectivity index (χ3n) is 3.68. The molecule has 3 rings (SSSR count). The summed E-state index contributed by atoms with van der Waals surface area (Å²) in [5, 5.41) is 2.10. The van der Waals surface area contributed by atoms with Gasteiger partial charge in [-0.05, 0) is 29.9 Å². The molecule has 2 saturated heterocycles. The largest absolute Gasteiger partial charge is 0.157 e. The summed E-state index contributed by atoms with van der Waals surface area (Å²) in [6.45, 7) is 2.45. The second kappa shape index (κ2) is 2.14. The van der Waals surface area contributed by atoms with E-state index in [-0.39, 0.29) is 0 Å². The molecule has 0 radical (unpaired) electrons. The van der Waals surface area contributed by atoms with Crippen molar-refractivity contribution in [1.29, 1.82) is 0 Å². The summed E-state index contributed by atoms with van der Waals surface area (Å²) >= 11 is 4.53. The van der Waals surface area contributed by atoms with E-state index in [0.29, 0.717) is 0 Å². The van der Waals surface area contributed by atoms with Crippen LogP contribution in [0.3, 0.4) is 0 Å². The van der Waals surface area contributed by atoms with E-state index in [1.54, 1.807) is 0 Å². The summed E-state index contributed by atoms with van der Waals surface area (Å²) in [6, 6.07) is 0. The highest BCUT2D eigenvalue weighted by atomic mass is 32.2. The maximum atomic E-state index is 2.45. The molecule has 0 aromatic rings. The maximum Gasteiger partial charge on any atom is 0.0233 e. The third kappa shape index (κ3) is 0.806. The second-order valence-electron chi connectivity index (χ2n) is 4.27. The molecular formula is C9H14S2. The van der Waals surface area contributed by atoms with Gasteiger partial charge in [-0.3, -0.25) is 0 Å². The lowest BCUT2D eigenvalue weighted by Gasteiger charge is -2.15. The molecule has 0 N–H and O–H groups in total. The zero-order chi connectivity index (χ0) is 7.47. The lowest BCUT2D eigenvalue weighted by molar-refractivity contribution is 0.524. The van der Waals surface area contributed by atoms with E-state index in [4.69, 9.17) is 0 Å². The van der Waals surface area contributed by atoms with Gasteiger partial charge in [0.05, 0.1) is 0 Å². The quantitative estimate of drug-likeness (QED) is 0.570. The predicted octanol–water partition coefficient (Wildman–Crippen LogP) is 2.63. The highest BCUT2D eigenvalue weighted by molar-refractivity contribution is 8.05. The lowest BCUT2D eigenvalue weighted by atomic mass is 9.99. The molecule has 62 valence electrons. The van der Waals surface area contributed by atoms with E-state index in [0.717, 1.165) is 21.8 Å². The van der Waals surface area contributed by atoms with Crippen molar-refractivity contribution in [2.45, 2.75) is 30.3 Å². The van der Waals surface area contributed by atoms with Crippen molar-refractivity contribution in [3.8, 4) is 0 Å². The molecule has 1 aliphatic carbocycles. The first kappa shape index (κ1) is 7.14. The van der Waals surface area contributed by atoms with Gasteiger partial charge in [-0.2, -0.15) is 23.5 Å². The second-order valence-corrected chi connectivity index (χ2v) is 6.74. The van der Waals surface area contributed by atoms with Crippen LogP contribution in [-0.2, 0) is 0 Å². The van der Waals surface area contributed by atoms with Crippen molar-refractivity contribution >= 4 is 23.5 Å². The van der Waals surface area contributed by atoms with Crippen LogP contribution in [0.25, 0.3) is 0 Å². The molecule has 3 aliphatic rings. The normalized spacial score (nSPS) is 60.3. The van der Waals surface area contributed by atoms with Crippen molar-refractivity contribution in [3.05, 3.63) is 0 Å². The standard InChI is InChI=1S/C9H14S2/c1-6-4-9(6)5-11-7-2-3-10-8(7)9/h6-8H,2-5H2,1H3. The fourth-order valence-corrected chi connectivity index (χ4v) is 7.03. The first-order valence-electron chi connectivity index (χ1n) is 4.56. The summed E-state index contributed by atoms with van der Waals surface area (Å²) in [6.07, 6.45) is 3.03. The van der Waals surface area contributed by atoms with Crippen molar-refractivity contribution in [3.63, 3.8) is 0 Å². The maximum absolute atomic E-state index is 2.45. The number of fused-ring (bicyclic) bond motifs is 2. The van der Waals surface area contributed by atoms with Gasteiger partial charge in [-0.15, -0.1) is 0 Å². The van der Waals surface area contributed by atoms with E-state index in [9.17, 15) is 0 Å². The van der Waals surface area contributed by atoms with Gasteiger partial charge < -0.3 is 0 Å². The molecule has 0 aromatic heterocycles. The average molecular weight is 186 g/mol. The van der Waals surface area contributed by atoms with E-state index >= 15 is 0 Å². The van der Waals surface area contributed by atoms with Crippen LogP contribution >= 0.6 is 23.5 Å². The molecule has 1 saturated carbocycles. The van der Waals surface area contributed by atoms with Gasteiger partial charge in [0.2, 0.25) is 0 Å². The summed E-state index contributed by atoms with van der Waals surface area (Å²) in [7, 11) is 0. The van der Waals surface area contributed by atoms with Gasteiger partial charge in [0, 0.05) is 16.3 Å². The topological polar surface area (TPSA) is 0 Å². The minimum absolute atomic E-state index is 0.830. The number of rotatable bonds is 0. The van der Waals surface area contributed by atoms with Gasteiger partial charge >= 0.3 is 0 Å². The Hall–Kier alpha value is 0.700. The molecule has 2 heteroatoms. The van der Waals surface area contributed by atoms with Crippen molar-refractivity contribution in [2.24, 2.45) is 11.3 Å². The first-order chi connectivity index (χ1) is 5.33. The van der Waals surface area contributed by atoms with E-state index in [2.05, 4.69) is 30.4 Å². The van der Waals surface area contributed by atoms with Gasteiger partial charge in [0.1, 0.15) is 0 Å². The average Bonchev–Trinajstić information content (AvgIpc) is 2.46. The van der Waals surface area contributed by atoms with Crippen molar-refractivity contribution < 1.29 is 0 Å². The SMILES string of the molecule is CC1CC12CSC1CCSC12. The van der Waals surface area contributed by atoms with Gasteiger partial charge in [0.25, 0.3) is 0 Å². The van der Waals surface area contributed by atoms with E-state index in [1.165, 1.54) is 24.3 Å². The molecule has 2 aliphatic heterocycles. The Bertz CT molecular complexity index is 192. The van der Waals surface area contributed by atoms with Crippen LogP contribution in [0.15, 0.2) is 0 Å². The summed E-state index contributed by atoms with van der Waals surface area (Å²) in [4.78, 5) is 0.